The van der Waals surface area contributed by atoms with Crippen LogP contribution >= 0.6 is 0 Å². The number of carbonyl (C=O) groups excluding carboxylic acids is 1. The van der Waals surface area contributed by atoms with Crippen molar-refractivity contribution in [1.29, 1.82) is 0 Å². The van der Waals surface area contributed by atoms with Crippen molar-refractivity contribution in [2.45, 2.75) is 6.42 Å². The van der Waals surface area contributed by atoms with Gasteiger partial charge in [-0.15, -0.1) is 0 Å². The molecule has 0 bridgehead atoms. The Labute approximate surface area is 88.8 Å². The molecule has 2 N–H and O–H groups in total. The lowest BCUT2D eigenvalue weighted by molar-refractivity contribution is 0.0594. The molecule has 0 saturated carbocycles. The Balaban J connectivity index is 2.78. The SMILES string of the molecule is COC(=O)c1cccc(C=CCCN)n1. The fourth-order valence-electron chi connectivity index (χ4n) is 1.06. The summed E-state index contributed by atoms with van der Waals surface area (Å²) >= 11 is 0. The molecule has 1 rings (SSSR count). The third kappa shape index (κ3) is 3.52. The Kier molecular flexibility index (Phi) is 4.50. The van der Waals surface area contributed by atoms with E-state index < -0.39 is 5.97 Å². The molecule has 0 atom stereocenters. The molecular weight excluding hydrogens is 192 g/mol. The van der Waals surface area contributed by atoms with Crippen molar-refractivity contribution >= 4 is 12.0 Å². The van der Waals surface area contributed by atoms with Crippen LogP contribution in [0, 0.1) is 0 Å². The lowest BCUT2D eigenvalue weighted by Gasteiger charge is -1.98. The van der Waals surface area contributed by atoms with Crippen molar-refractivity contribution in [3.05, 3.63) is 35.7 Å². The zero-order chi connectivity index (χ0) is 11.1. The van der Waals surface area contributed by atoms with Gasteiger partial charge in [0.05, 0.1) is 12.8 Å². The van der Waals surface area contributed by atoms with Crippen molar-refractivity contribution < 1.29 is 9.53 Å². The van der Waals surface area contributed by atoms with E-state index in [4.69, 9.17) is 5.73 Å². The van der Waals surface area contributed by atoms with Crippen LogP contribution in [0.25, 0.3) is 6.08 Å². The predicted octanol–water partition coefficient (Wildman–Crippen LogP) is 1.23. The molecule has 1 heterocycles. The molecule has 0 radical (unpaired) electrons. The summed E-state index contributed by atoms with van der Waals surface area (Å²) < 4.78 is 4.57. The number of methoxy groups -OCH3 is 1. The first kappa shape index (κ1) is 11.4. The van der Waals surface area contributed by atoms with Crippen molar-refractivity contribution in [2.24, 2.45) is 5.73 Å². The van der Waals surface area contributed by atoms with Gasteiger partial charge >= 0.3 is 5.97 Å². The number of ether oxygens (including phenoxy) is 1. The van der Waals surface area contributed by atoms with Crippen LogP contribution in [-0.4, -0.2) is 24.6 Å². The molecule has 0 unspecified atom stereocenters. The van der Waals surface area contributed by atoms with Gasteiger partial charge in [0.15, 0.2) is 0 Å². The van der Waals surface area contributed by atoms with E-state index >= 15 is 0 Å². The minimum atomic E-state index is -0.427. The monoisotopic (exact) mass is 206 g/mol. The Hall–Kier alpha value is -1.68. The van der Waals surface area contributed by atoms with Crippen LogP contribution in [0.3, 0.4) is 0 Å². The highest BCUT2D eigenvalue weighted by molar-refractivity contribution is 5.87. The number of carbonyl (C=O) groups is 1. The van der Waals surface area contributed by atoms with E-state index in [1.165, 1.54) is 7.11 Å². The summed E-state index contributed by atoms with van der Waals surface area (Å²) in [7, 11) is 1.33. The molecule has 4 heteroatoms. The van der Waals surface area contributed by atoms with Gasteiger partial charge in [0.2, 0.25) is 0 Å². The molecule has 0 saturated heterocycles. The highest BCUT2D eigenvalue weighted by Gasteiger charge is 2.05. The van der Waals surface area contributed by atoms with Crippen molar-refractivity contribution in [3.63, 3.8) is 0 Å². The summed E-state index contributed by atoms with van der Waals surface area (Å²) in [4.78, 5) is 15.3. The molecule has 1 aromatic rings. The van der Waals surface area contributed by atoms with Gasteiger partial charge in [-0.05, 0) is 31.2 Å². The Morgan fingerprint density at radius 1 is 1.60 bits per heavy atom. The number of nitrogens with zero attached hydrogens (tertiary/aromatic N) is 1. The molecule has 0 aliphatic heterocycles. The van der Waals surface area contributed by atoms with E-state index in [1.807, 2.05) is 18.2 Å². The minimum absolute atomic E-state index is 0.312. The number of aromatic nitrogens is 1. The maximum absolute atomic E-state index is 11.2. The van der Waals surface area contributed by atoms with Crippen molar-refractivity contribution in [3.8, 4) is 0 Å². The molecule has 0 aliphatic carbocycles. The van der Waals surface area contributed by atoms with E-state index in [1.54, 1.807) is 12.1 Å². The molecule has 80 valence electrons. The van der Waals surface area contributed by atoms with Crippen LogP contribution in [0.2, 0.25) is 0 Å². The number of hydrogen-bond donors (Lipinski definition) is 1. The fourth-order valence-corrected chi connectivity index (χ4v) is 1.06. The summed E-state index contributed by atoms with van der Waals surface area (Å²) in [5.41, 5.74) is 6.39. The summed E-state index contributed by atoms with van der Waals surface area (Å²) in [6.07, 6.45) is 4.55. The van der Waals surface area contributed by atoms with Gasteiger partial charge < -0.3 is 10.5 Å². The van der Waals surface area contributed by atoms with Gasteiger partial charge in [0.1, 0.15) is 5.69 Å². The van der Waals surface area contributed by atoms with Crippen LogP contribution in [0.4, 0.5) is 0 Å². The largest absolute Gasteiger partial charge is 0.464 e. The smallest absolute Gasteiger partial charge is 0.356 e. The third-order valence-corrected chi connectivity index (χ3v) is 1.79. The second kappa shape index (κ2) is 5.93. The molecule has 0 aliphatic rings. The molecular formula is C11H14N2O2. The second-order valence-electron chi connectivity index (χ2n) is 2.92. The van der Waals surface area contributed by atoms with Gasteiger partial charge in [-0.3, -0.25) is 0 Å². The Morgan fingerprint density at radius 3 is 3.07 bits per heavy atom. The Bertz CT molecular complexity index is 361. The molecule has 0 aromatic carbocycles. The Morgan fingerprint density at radius 2 is 2.40 bits per heavy atom. The van der Waals surface area contributed by atoms with Crippen LogP contribution < -0.4 is 5.73 Å². The quantitative estimate of drug-likeness (QED) is 0.752. The average Bonchev–Trinajstić information content (AvgIpc) is 2.29. The van der Waals surface area contributed by atoms with Crippen LogP contribution in [0.15, 0.2) is 24.3 Å². The van der Waals surface area contributed by atoms with Gasteiger partial charge in [-0.25, -0.2) is 9.78 Å². The highest BCUT2D eigenvalue weighted by atomic mass is 16.5. The zero-order valence-electron chi connectivity index (χ0n) is 8.64. The van der Waals surface area contributed by atoms with Gasteiger partial charge in [0, 0.05) is 0 Å². The van der Waals surface area contributed by atoms with Crippen LogP contribution in [0.5, 0.6) is 0 Å². The van der Waals surface area contributed by atoms with Crippen LogP contribution in [-0.2, 0) is 4.74 Å². The first-order valence-corrected chi connectivity index (χ1v) is 4.70. The maximum atomic E-state index is 11.2. The highest BCUT2D eigenvalue weighted by Crippen LogP contribution is 2.03. The van der Waals surface area contributed by atoms with E-state index in [0.29, 0.717) is 12.2 Å². The van der Waals surface area contributed by atoms with E-state index in [9.17, 15) is 4.79 Å². The van der Waals surface area contributed by atoms with Crippen molar-refractivity contribution in [1.82, 2.24) is 4.98 Å². The number of rotatable bonds is 4. The minimum Gasteiger partial charge on any atom is -0.464 e. The molecule has 0 spiro atoms. The van der Waals surface area contributed by atoms with Gasteiger partial charge in [0.25, 0.3) is 0 Å². The first-order chi connectivity index (χ1) is 7.27. The summed E-state index contributed by atoms with van der Waals surface area (Å²) in [6.45, 7) is 0.604. The van der Waals surface area contributed by atoms with E-state index in [0.717, 1.165) is 12.1 Å². The fraction of sp³-hybridized carbons (Fsp3) is 0.273. The topological polar surface area (TPSA) is 65.2 Å². The van der Waals surface area contributed by atoms with Crippen molar-refractivity contribution in [2.75, 3.05) is 13.7 Å². The lowest BCUT2D eigenvalue weighted by atomic mass is 10.2. The number of pyridine rings is 1. The predicted molar refractivity (Wildman–Crippen MR) is 58.3 cm³/mol. The summed E-state index contributed by atoms with van der Waals surface area (Å²) in [5, 5.41) is 0. The van der Waals surface area contributed by atoms with Gasteiger partial charge in [-0.1, -0.05) is 12.1 Å². The van der Waals surface area contributed by atoms with Gasteiger partial charge in [-0.2, -0.15) is 0 Å². The summed E-state index contributed by atoms with van der Waals surface area (Å²) in [6, 6.07) is 5.20. The number of nitrogens with two attached hydrogens (primary N) is 1. The molecule has 4 nitrogen and oxygen atoms in total. The zero-order valence-corrected chi connectivity index (χ0v) is 8.64. The molecule has 1 aromatic heterocycles. The molecule has 15 heavy (non-hydrogen) atoms. The molecule has 0 amide bonds. The van der Waals surface area contributed by atoms with E-state index in [2.05, 4.69) is 9.72 Å². The normalized spacial score (nSPS) is 10.5. The number of hydrogen-bond acceptors (Lipinski definition) is 4. The maximum Gasteiger partial charge on any atom is 0.356 e. The second-order valence-corrected chi connectivity index (χ2v) is 2.92. The summed E-state index contributed by atoms with van der Waals surface area (Å²) in [5.74, 6) is -0.427. The van der Waals surface area contributed by atoms with E-state index in [-0.39, 0.29) is 0 Å². The first-order valence-electron chi connectivity index (χ1n) is 4.70. The lowest BCUT2D eigenvalue weighted by Crippen LogP contribution is -2.04. The standard InChI is InChI=1S/C11H14N2O2/c1-15-11(14)10-7-4-6-9(13-10)5-2-3-8-12/h2,4-7H,3,8,12H2,1H3. The molecule has 0 fully saturated rings. The van der Waals surface area contributed by atoms with Crippen LogP contribution in [0.1, 0.15) is 22.6 Å². The average molecular weight is 206 g/mol. The third-order valence-electron chi connectivity index (χ3n) is 1.79. The number of esters is 1.